The fraction of sp³-hybridized carbons (Fsp3) is 0.235. The zero-order chi connectivity index (χ0) is 18.3. The Kier molecular flexibility index (Phi) is 6.92. The normalized spacial score (nSPS) is 11.3. The van der Waals surface area contributed by atoms with Gasteiger partial charge in [0, 0.05) is 19.5 Å². The lowest BCUT2D eigenvalue weighted by Crippen LogP contribution is -2.31. The van der Waals surface area contributed by atoms with Crippen LogP contribution in [0.25, 0.3) is 0 Å². The lowest BCUT2D eigenvalue weighted by atomic mass is 10.1. The van der Waals surface area contributed by atoms with Gasteiger partial charge >= 0.3 is 0 Å². The Hall–Kier alpha value is -1.96. The van der Waals surface area contributed by atoms with E-state index >= 15 is 0 Å². The summed E-state index contributed by atoms with van der Waals surface area (Å²) < 4.78 is 39.3. The average Bonchev–Trinajstić information content (AvgIpc) is 2.57. The van der Waals surface area contributed by atoms with Crippen LogP contribution in [0, 0.1) is 5.82 Å². The van der Waals surface area contributed by atoms with Crippen LogP contribution in [0.1, 0.15) is 12.0 Å². The molecule has 0 aliphatic carbocycles. The molecule has 2 N–H and O–H groups in total. The van der Waals surface area contributed by atoms with Crippen LogP contribution in [-0.2, 0) is 21.2 Å². The molecule has 0 aromatic heterocycles. The minimum atomic E-state index is -3.75. The standard InChI is InChI=1S/C17H18ClFN2O3S/c18-15-3-1-2-4-16(15)25(23,24)21-12-10-17(22)20-11-9-13-5-7-14(19)8-6-13/h1-8,21H,9-12H2,(H,20,22). The number of hydrogen-bond donors (Lipinski definition) is 2. The van der Waals surface area contributed by atoms with Gasteiger partial charge in [0.25, 0.3) is 0 Å². The second-order valence-electron chi connectivity index (χ2n) is 5.30. The first-order chi connectivity index (χ1) is 11.9. The van der Waals surface area contributed by atoms with E-state index in [1.165, 1.54) is 24.3 Å². The van der Waals surface area contributed by atoms with E-state index in [0.717, 1.165) is 5.56 Å². The first-order valence-corrected chi connectivity index (χ1v) is 9.50. The van der Waals surface area contributed by atoms with Gasteiger partial charge in [-0.15, -0.1) is 0 Å². The van der Waals surface area contributed by atoms with Gasteiger partial charge in [-0.05, 0) is 36.2 Å². The summed E-state index contributed by atoms with van der Waals surface area (Å²) in [6, 6.07) is 12.1. The highest BCUT2D eigenvalue weighted by Gasteiger charge is 2.17. The number of hydrogen-bond acceptors (Lipinski definition) is 3. The summed E-state index contributed by atoms with van der Waals surface area (Å²) in [5.41, 5.74) is 0.904. The molecular weight excluding hydrogens is 367 g/mol. The summed E-state index contributed by atoms with van der Waals surface area (Å²) in [5, 5.41) is 2.81. The Morgan fingerprint density at radius 2 is 1.72 bits per heavy atom. The van der Waals surface area contributed by atoms with Crippen LogP contribution in [0.15, 0.2) is 53.4 Å². The van der Waals surface area contributed by atoms with Crippen molar-refractivity contribution in [3.8, 4) is 0 Å². The van der Waals surface area contributed by atoms with E-state index in [4.69, 9.17) is 11.6 Å². The number of nitrogens with one attached hydrogen (secondary N) is 2. The van der Waals surface area contributed by atoms with Crippen molar-refractivity contribution >= 4 is 27.5 Å². The van der Waals surface area contributed by atoms with Gasteiger partial charge in [0.1, 0.15) is 10.7 Å². The summed E-state index contributed by atoms with van der Waals surface area (Å²) in [4.78, 5) is 11.7. The molecule has 0 saturated heterocycles. The minimum absolute atomic E-state index is 0.00704. The Balaban J connectivity index is 1.73. The van der Waals surface area contributed by atoms with Crippen LogP contribution in [0.3, 0.4) is 0 Å². The number of carbonyl (C=O) groups excluding carboxylic acids is 1. The first kappa shape index (κ1) is 19.4. The van der Waals surface area contributed by atoms with Gasteiger partial charge in [-0.25, -0.2) is 17.5 Å². The zero-order valence-corrected chi connectivity index (χ0v) is 14.9. The molecule has 1 amide bonds. The van der Waals surface area contributed by atoms with Crippen molar-refractivity contribution in [2.75, 3.05) is 13.1 Å². The summed E-state index contributed by atoms with van der Waals surface area (Å²) in [6.45, 7) is 0.359. The molecular formula is C17H18ClFN2O3S. The lowest BCUT2D eigenvalue weighted by molar-refractivity contribution is -0.120. The maximum atomic E-state index is 12.8. The van der Waals surface area contributed by atoms with E-state index in [1.54, 1.807) is 24.3 Å². The van der Waals surface area contributed by atoms with Crippen molar-refractivity contribution < 1.29 is 17.6 Å². The summed E-state index contributed by atoms with van der Waals surface area (Å²) >= 11 is 5.86. The van der Waals surface area contributed by atoms with Crippen LogP contribution in [0.2, 0.25) is 5.02 Å². The molecule has 0 aliphatic heterocycles. The second kappa shape index (κ2) is 8.94. The van der Waals surface area contributed by atoms with E-state index < -0.39 is 10.0 Å². The van der Waals surface area contributed by atoms with Crippen molar-refractivity contribution in [1.82, 2.24) is 10.0 Å². The number of halogens is 2. The monoisotopic (exact) mass is 384 g/mol. The molecule has 2 aromatic carbocycles. The molecule has 0 aliphatic rings. The molecule has 0 unspecified atom stereocenters. The maximum absolute atomic E-state index is 12.8. The number of carbonyl (C=O) groups is 1. The van der Waals surface area contributed by atoms with E-state index in [2.05, 4.69) is 10.0 Å². The summed E-state index contributed by atoms with van der Waals surface area (Å²) in [5.74, 6) is -0.581. The molecule has 0 bridgehead atoms. The highest BCUT2D eigenvalue weighted by molar-refractivity contribution is 7.89. The van der Waals surface area contributed by atoms with Crippen molar-refractivity contribution in [1.29, 1.82) is 0 Å². The topological polar surface area (TPSA) is 75.3 Å². The van der Waals surface area contributed by atoms with Gasteiger partial charge in [-0.1, -0.05) is 35.9 Å². The third kappa shape index (κ3) is 6.12. The lowest BCUT2D eigenvalue weighted by Gasteiger charge is -2.09. The molecule has 8 heteroatoms. The summed E-state index contributed by atoms with van der Waals surface area (Å²) in [6.07, 6.45) is 0.574. The molecule has 5 nitrogen and oxygen atoms in total. The van der Waals surface area contributed by atoms with Crippen molar-refractivity contribution in [2.24, 2.45) is 0 Å². The quantitative estimate of drug-likeness (QED) is 0.734. The number of sulfonamides is 1. The number of benzene rings is 2. The molecule has 134 valence electrons. The molecule has 25 heavy (non-hydrogen) atoms. The third-order valence-corrected chi connectivity index (χ3v) is 5.38. The second-order valence-corrected chi connectivity index (χ2v) is 7.45. The average molecular weight is 385 g/mol. The van der Waals surface area contributed by atoms with Gasteiger partial charge in [0.15, 0.2) is 0 Å². The van der Waals surface area contributed by atoms with Crippen molar-refractivity contribution in [3.05, 3.63) is 64.9 Å². The fourth-order valence-electron chi connectivity index (χ4n) is 2.13. The Morgan fingerprint density at radius 3 is 2.40 bits per heavy atom. The first-order valence-electron chi connectivity index (χ1n) is 7.64. The van der Waals surface area contributed by atoms with Gasteiger partial charge in [-0.3, -0.25) is 4.79 Å². The molecule has 0 spiro atoms. The van der Waals surface area contributed by atoms with Gasteiger partial charge in [0.2, 0.25) is 15.9 Å². The van der Waals surface area contributed by atoms with Gasteiger partial charge in [0.05, 0.1) is 5.02 Å². The molecule has 0 heterocycles. The zero-order valence-electron chi connectivity index (χ0n) is 13.3. The van der Waals surface area contributed by atoms with E-state index in [0.29, 0.717) is 13.0 Å². The van der Waals surface area contributed by atoms with E-state index in [9.17, 15) is 17.6 Å². The molecule has 0 atom stereocenters. The van der Waals surface area contributed by atoms with Crippen molar-refractivity contribution in [3.63, 3.8) is 0 Å². The fourth-order valence-corrected chi connectivity index (χ4v) is 3.67. The third-order valence-electron chi connectivity index (χ3n) is 3.42. The Bertz CT molecular complexity index is 826. The maximum Gasteiger partial charge on any atom is 0.242 e. The van der Waals surface area contributed by atoms with Crippen LogP contribution in [0.5, 0.6) is 0 Å². The smallest absolute Gasteiger partial charge is 0.242 e. The van der Waals surface area contributed by atoms with Crippen molar-refractivity contribution in [2.45, 2.75) is 17.7 Å². The molecule has 0 saturated carbocycles. The molecule has 2 rings (SSSR count). The van der Waals surface area contributed by atoms with Crippen LogP contribution >= 0.6 is 11.6 Å². The summed E-state index contributed by atoms with van der Waals surface area (Å²) in [7, 11) is -3.75. The highest BCUT2D eigenvalue weighted by Crippen LogP contribution is 2.19. The highest BCUT2D eigenvalue weighted by atomic mass is 35.5. The van der Waals surface area contributed by atoms with Crippen LogP contribution < -0.4 is 10.0 Å². The van der Waals surface area contributed by atoms with Gasteiger partial charge in [-0.2, -0.15) is 0 Å². The SMILES string of the molecule is O=C(CCNS(=O)(=O)c1ccccc1Cl)NCCc1ccc(F)cc1. The van der Waals surface area contributed by atoms with E-state index in [1.807, 2.05) is 0 Å². The number of amides is 1. The predicted octanol–water partition coefficient (Wildman–Crippen LogP) is 2.51. The Morgan fingerprint density at radius 1 is 1.04 bits per heavy atom. The van der Waals surface area contributed by atoms with Gasteiger partial charge < -0.3 is 5.32 Å². The number of rotatable bonds is 8. The molecule has 0 fully saturated rings. The largest absolute Gasteiger partial charge is 0.356 e. The Labute approximate surface area is 151 Å². The predicted molar refractivity (Wildman–Crippen MR) is 94.4 cm³/mol. The van der Waals surface area contributed by atoms with Crippen LogP contribution in [0.4, 0.5) is 4.39 Å². The minimum Gasteiger partial charge on any atom is -0.356 e. The van der Waals surface area contributed by atoms with Crippen LogP contribution in [-0.4, -0.2) is 27.4 Å². The molecule has 0 radical (unpaired) electrons. The molecule has 2 aromatic rings. The van der Waals surface area contributed by atoms with E-state index in [-0.39, 0.29) is 34.6 Å².